The summed E-state index contributed by atoms with van der Waals surface area (Å²) in [5.74, 6) is 0.933. The van der Waals surface area contributed by atoms with Crippen molar-refractivity contribution in [3.8, 4) is 5.75 Å². The van der Waals surface area contributed by atoms with Crippen LogP contribution in [0, 0.1) is 0 Å². The van der Waals surface area contributed by atoms with Crippen molar-refractivity contribution in [2.45, 2.75) is 12.9 Å². The molecule has 1 aromatic heterocycles. The van der Waals surface area contributed by atoms with E-state index in [1.54, 1.807) is 11.3 Å². The van der Waals surface area contributed by atoms with Gasteiger partial charge in [-0.05, 0) is 17.5 Å². The maximum atomic E-state index is 5.76. The quantitative estimate of drug-likeness (QED) is 0.730. The Morgan fingerprint density at radius 1 is 1.13 bits per heavy atom. The summed E-state index contributed by atoms with van der Waals surface area (Å²) in [6.45, 7) is 0.624. The first-order valence-corrected chi connectivity index (χ1v) is 5.71. The van der Waals surface area contributed by atoms with E-state index in [1.165, 1.54) is 0 Å². The molecule has 1 aromatic carbocycles. The Kier molecular flexibility index (Phi) is 2.19. The van der Waals surface area contributed by atoms with Gasteiger partial charge in [-0.15, -0.1) is 11.3 Å². The molecular weight excluding hydrogens is 208 g/mol. The van der Waals surface area contributed by atoms with Gasteiger partial charge in [-0.2, -0.15) is 0 Å². The second kappa shape index (κ2) is 3.68. The second-order valence-corrected chi connectivity index (χ2v) is 4.36. The fourth-order valence-electron chi connectivity index (χ4n) is 1.62. The molecule has 1 aliphatic heterocycles. The van der Waals surface area contributed by atoms with Crippen LogP contribution in [0.2, 0.25) is 0 Å². The van der Waals surface area contributed by atoms with Crippen LogP contribution in [-0.4, -0.2) is 0 Å². The van der Waals surface area contributed by atoms with E-state index in [0.717, 1.165) is 16.2 Å². The number of ether oxygens (including phenoxy) is 2. The van der Waals surface area contributed by atoms with Crippen molar-refractivity contribution >= 4 is 11.3 Å². The summed E-state index contributed by atoms with van der Waals surface area (Å²) < 4.78 is 11.4. The van der Waals surface area contributed by atoms with Crippen molar-refractivity contribution in [1.82, 2.24) is 0 Å². The van der Waals surface area contributed by atoms with Gasteiger partial charge in [-0.25, -0.2) is 0 Å². The average molecular weight is 218 g/mol. The molecule has 0 radical (unpaired) electrons. The SMILES string of the molecule is c1csc(C2OCc3ccccc3O2)c1. The fourth-order valence-corrected chi connectivity index (χ4v) is 2.32. The summed E-state index contributed by atoms with van der Waals surface area (Å²) >= 11 is 1.65. The Morgan fingerprint density at radius 2 is 2.07 bits per heavy atom. The first kappa shape index (κ1) is 8.95. The summed E-state index contributed by atoms with van der Waals surface area (Å²) in [6, 6.07) is 12.0. The largest absolute Gasteiger partial charge is 0.459 e. The highest BCUT2D eigenvalue weighted by atomic mass is 32.1. The fraction of sp³-hybridized carbons (Fsp3) is 0.167. The van der Waals surface area contributed by atoms with E-state index in [9.17, 15) is 0 Å². The van der Waals surface area contributed by atoms with E-state index in [1.807, 2.05) is 41.8 Å². The molecule has 0 saturated heterocycles. The Hall–Kier alpha value is -1.32. The van der Waals surface area contributed by atoms with Crippen molar-refractivity contribution in [2.75, 3.05) is 0 Å². The molecule has 0 saturated carbocycles. The van der Waals surface area contributed by atoms with Gasteiger partial charge in [0.1, 0.15) is 5.75 Å². The topological polar surface area (TPSA) is 18.5 Å². The highest BCUT2D eigenvalue weighted by Gasteiger charge is 2.21. The maximum absolute atomic E-state index is 5.76. The predicted octanol–water partition coefficient (Wildman–Crippen LogP) is 3.36. The number of fused-ring (bicyclic) bond motifs is 1. The lowest BCUT2D eigenvalue weighted by molar-refractivity contribution is -0.109. The van der Waals surface area contributed by atoms with Gasteiger partial charge in [0.2, 0.25) is 6.29 Å². The Bertz CT molecular complexity index is 450. The zero-order valence-corrected chi connectivity index (χ0v) is 8.87. The number of hydrogen-bond donors (Lipinski definition) is 0. The third-order valence-corrected chi connectivity index (χ3v) is 3.27. The summed E-state index contributed by atoms with van der Waals surface area (Å²) in [5.41, 5.74) is 1.12. The monoisotopic (exact) mass is 218 g/mol. The molecule has 0 spiro atoms. The lowest BCUT2D eigenvalue weighted by atomic mass is 10.2. The van der Waals surface area contributed by atoms with Gasteiger partial charge in [0.05, 0.1) is 11.5 Å². The summed E-state index contributed by atoms with van der Waals surface area (Å²) in [7, 11) is 0. The zero-order chi connectivity index (χ0) is 10.1. The number of hydrogen-bond acceptors (Lipinski definition) is 3. The zero-order valence-electron chi connectivity index (χ0n) is 8.05. The lowest BCUT2D eigenvalue weighted by Crippen LogP contribution is -2.16. The highest BCUT2D eigenvalue weighted by molar-refractivity contribution is 7.10. The van der Waals surface area contributed by atoms with Crippen molar-refractivity contribution in [3.63, 3.8) is 0 Å². The van der Waals surface area contributed by atoms with E-state index >= 15 is 0 Å². The van der Waals surface area contributed by atoms with Crippen molar-refractivity contribution in [1.29, 1.82) is 0 Å². The molecule has 1 aliphatic rings. The van der Waals surface area contributed by atoms with Crippen LogP contribution in [0.1, 0.15) is 16.7 Å². The summed E-state index contributed by atoms with van der Waals surface area (Å²) in [6.07, 6.45) is -0.236. The van der Waals surface area contributed by atoms with Crippen LogP contribution >= 0.6 is 11.3 Å². The van der Waals surface area contributed by atoms with Crippen LogP contribution in [-0.2, 0) is 11.3 Å². The van der Waals surface area contributed by atoms with Crippen molar-refractivity contribution in [2.24, 2.45) is 0 Å². The molecule has 3 rings (SSSR count). The molecule has 0 amide bonds. The van der Waals surface area contributed by atoms with Crippen LogP contribution in [0.15, 0.2) is 41.8 Å². The normalized spacial score (nSPS) is 19.3. The standard InChI is InChI=1S/C12H10O2S/c1-2-5-10-9(4-1)8-13-12(14-10)11-6-3-7-15-11/h1-7,12H,8H2. The van der Waals surface area contributed by atoms with E-state index in [-0.39, 0.29) is 6.29 Å². The minimum atomic E-state index is -0.236. The van der Waals surface area contributed by atoms with Gasteiger partial charge < -0.3 is 9.47 Å². The van der Waals surface area contributed by atoms with Gasteiger partial charge in [0.25, 0.3) is 0 Å². The van der Waals surface area contributed by atoms with Gasteiger partial charge in [-0.1, -0.05) is 24.3 Å². The van der Waals surface area contributed by atoms with E-state index in [2.05, 4.69) is 0 Å². The van der Waals surface area contributed by atoms with Gasteiger partial charge in [0.15, 0.2) is 0 Å². The summed E-state index contributed by atoms with van der Waals surface area (Å²) in [4.78, 5) is 1.12. The molecule has 1 atom stereocenters. The molecule has 15 heavy (non-hydrogen) atoms. The van der Waals surface area contributed by atoms with Gasteiger partial charge in [-0.3, -0.25) is 0 Å². The van der Waals surface area contributed by atoms with Crippen LogP contribution in [0.3, 0.4) is 0 Å². The number of rotatable bonds is 1. The molecule has 2 heterocycles. The third-order valence-electron chi connectivity index (χ3n) is 2.37. The first-order chi connectivity index (χ1) is 7.43. The molecule has 2 aromatic rings. The highest BCUT2D eigenvalue weighted by Crippen LogP contribution is 2.34. The second-order valence-electron chi connectivity index (χ2n) is 3.38. The Morgan fingerprint density at radius 3 is 2.93 bits per heavy atom. The van der Waals surface area contributed by atoms with Gasteiger partial charge in [0, 0.05) is 5.56 Å². The van der Waals surface area contributed by atoms with Crippen LogP contribution < -0.4 is 4.74 Å². The molecular formula is C12H10O2S. The molecule has 76 valence electrons. The van der Waals surface area contributed by atoms with E-state index in [4.69, 9.17) is 9.47 Å². The minimum absolute atomic E-state index is 0.236. The first-order valence-electron chi connectivity index (χ1n) is 4.83. The minimum Gasteiger partial charge on any atom is -0.459 e. The van der Waals surface area contributed by atoms with Crippen LogP contribution in [0.4, 0.5) is 0 Å². The number of thiophene rings is 1. The summed E-state index contributed by atoms with van der Waals surface area (Å²) in [5, 5.41) is 2.03. The van der Waals surface area contributed by atoms with Crippen molar-refractivity contribution < 1.29 is 9.47 Å². The number of para-hydroxylation sites is 1. The number of benzene rings is 1. The smallest absolute Gasteiger partial charge is 0.236 e. The van der Waals surface area contributed by atoms with Gasteiger partial charge >= 0.3 is 0 Å². The van der Waals surface area contributed by atoms with E-state index in [0.29, 0.717) is 6.61 Å². The van der Waals surface area contributed by atoms with Crippen LogP contribution in [0.25, 0.3) is 0 Å². The Balaban J connectivity index is 1.89. The average Bonchev–Trinajstić information content (AvgIpc) is 2.82. The molecule has 0 fully saturated rings. The molecule has 0 N–H and O–H groups in total. The molecule has 0 aliphatic carbocycles. The predicted molar refractivity (Wildman–Crippen MR) is 58.9 cm³/mol. The molecule has 0 bridgehead atoms. The third kappa shape index (κ3) is 1.64. The van der Waals surface area contributed by atoms with Crippen molar-refractivity contribution in [3.05, 3.63) is 52.2 Å². The Labute approximate surface area is 92.1 Å². The van der Waals surface area contributed by atoms with E-state index < -0.39 is 0 Å². The van der Waals surface area contributed by atoms with Crippen LogP contribution in [0.5, 0.6) is 5.75 Å². The maximum Gasteiger partial charge on any atom is 0.236 e. The molecule has 3 heteroatoms. The lowest BCUT2D eigenvalue weighted by Gasteiger charge is -2.25. The molecule has 1 unspecified atom stereocenters. The molecule has 2 nitrogen and oxygen atoms in total.